The summed E-state index contributed by atoms with van der Waals surface area (Å²) in [5, 5.41) is 14.1. The molecule has 0 radical (unpaired) electrons. The Labute approximate surface area is 179 Å². The van der Waals surface area contributed by atoms with Gasteiger partial charge < -0.3 is 9.42 Å². The van der Waals surface area contributed by atoms with Crippen molar-refractivity contribution >= 4 is 40.2 Å². The number of nitrogens with zero attached hydrogens (tertiary/aromatic N) is 6. The normalized spacial score (nSPS) is 15.0. The number of aryl methyl sites for hydroxylation is 1. The Balaban J connectivity index is 0.00000218. The van der Waals surface area contributed by atoms with Crippen LogP contribution >= 0.6 is 12.4 Å². The summed E-state index contributed by atoms with van der Waals surface area (Å²) in [5.41, 5.74) is 2.40. The molecule has 3 heterocycles. The molecule has 0 spiro atoms. The monoisotopic (exact) mass is 430 g/mol. The van der Waals surface area contributed by atoms with E-state index in [0.717, 1.165) is 74.3 Å². The van der Waals surface area contributed by atoms with Crippen molar-refractivity contribution in [3.05, 3.63) is 48.3 Å². The quantitative estimate of drug-likeness (QED) is 0.434. The first-order valence-electron chi connectivity index (χ1n) is 10.1. The van der Waals surface area contributed by atoms with Crippen LogP contribution in [0.5, 0.6) is 0 Å². The number of benzene rings is 2. The van der Waals surface area contributed by atoms with E-state index in [-0.39, 0.29) is 18.2 Å². The fourth-order valence-electron chi connectivity index (χ4n) is 3.90. The van der Waals surface area contributed by atoms with Gasteiger partial charge in [0.05, 0.1) is 11.9 Å². The first-order valence-corrected chi connectivity index (χ1v) is 10.1. The maximum absolute atomic E-state index is 13.3. The molecule has 0 amide bonds. The molecule has 9 heteroatoms. The van der Waals surface area contributed by atoms with Gasteiger partial charge in [0.25, 0.3) is 0 Å². The summed E-state index contributed by atoms with van der Waals surface area (Å²) in [6.45, 7) is 5.67. The lowest BCUT2D eigenvalue weighted by Crippen LogP contribution is -2.46. The van der Waals surface area contributed by atoms with E-state index >= 15 is 0 Å². The summed E-state index contributed by atoms with van der Waals surface area (Å²) >= 11 is 0. The Hall–Kier alpha value is -2.71. The van der Waals surface area contributed by atoms with Crippen LogP contribution in [-0.2, 0) is 6.54 Å². The number of halogens is 2. The number of piperazine rings is 1. The molecule has 2 aromatic heterocycles. The van der Waals surface area contributed by atoms with Crippen molar-refractivity contribution in [3.63, 3.8) is 0 Å². The lowest BCUT2D eigenvalue weighted by atomic mass is 10.2. The number of unbranched alkanes of at least 4 members (excludes halogenated alkanes) is 1. The van der Waals surface area contributed by atoms with Gasteiger partial charge in [-0.05, 0) is 43.7 Å². The van der Waals surface area contributed by atoms with Crippen LogP contribution in [0.2, 0.25) is 0 Å². The van der Waals surface area contributed by atoms with E-state index in [1.165, 1.54) is 12.1 Å². The van der Waals surface area contributed by atoms with Crippen LogP contribution in [0, 0.1) is 5.82 Å². The lowest BCUT2D eigenvalue weighted by Gasteiger charge is -2.34. The molecular weight excluding hydrogens is 407 g/mol. The van der Waals surface area contributed by atoms with Crippen molar-refractivity contribution in [1.29, 1.82) is 0 Å². The Bertz CT molecular complexity index is 1090. The zero-order valence-corrected chi connectivity index (χ0v) is 17.4. The van der Waals surface area contributed by atoms with Crippen LogP contribution in [0.3, 0.4) is 0 Å². The Morgan fingerprint density at radius 2 is 1.60 bits per heavy atom. The zero-order chi connectivity index (χ0) is 19.6. The van der Waals surface area contributed by atoms with Gasteiger partial charge in [-0.2, -0.15) is 15.0 Å². The number of hydrogen-bond acceptors (Lipinski definition) is 6. The molecule has 0 bridgehead atoms. The molecule has 7 nitrogen and oxygen atoms in total. The van der Waals surface area contributed by atoms with Gasteiger partial charge in [-0.1, -0.05) is 17.3 Å². The van der Waals surface area contributed by atoms with Crippen molar-refractivity contribution in [1.82, 2.24) is 25.1 Å². The molecule has 5 rings (SSSR count). The number of fused-ring (bicyclic) bond motifs is 2. The van der Waals surface area contributed by atoms with Crippen LogP contribution in [0.25, 0.3) is 22.0 Å². The van der Waals surface area contributed by atoms with Gasteiger partial charge >= 0.3 is 0 Å². The third kappa shape index (κ3) is 4.24. The average Bonchev–Trinajstić information content (AvgIpc) is 3.35. The van der Waals surface area contributed by atoms with Gasteiger partial charge in [0, 0.05) is 32.2 Å². The highest BCUT2D eigenvalue weighted by Gasteiger charge is 2.21. The standard InChI is InChI=1S/C21H23FN6O.ClH/c22-16-7-8-17-20(15-16)29-25-21(17)27-13-11-26(12-14-27)9-3-4-10-28-23-18-5-1-2-6-19(18)24-28;/h1-2,5-8,15H,3-4,9-14H2;1H. The summed E-state index contributed by atoms with van der Waals surface area (Å²) in [4.78, 5) is 6.51. The third-order valence-electron chi connectivity index (χ3n) is 5.50. The SMILES string of the molecule is Cl.Fc1ccc2c(N3CCN(CCCCn4nc5ccccc5n4)CC3)noc2c1. The van der Waals surface area contributed by atoms with Crippen LogP contribution in [0.4, 0.5) is 10.2 Å². The van der Waals surface area contributed by atoms with E-state index < -0.39 is 0 Å². The summed E-state index contributed by atoms with van der Waals surface area (Å²) in [5.74, 6) is 0.514. The van der Waals surface area contributed by atoms with Gasteiger partial charge in [-0.3, -0.25) is 4.90 Å². The smallest absolute Gasteiger partial charge is 0.180 e. The maximum Gasteiger partial charge on any atom is 0.180 e. The molecule has 0 N–H and O–H groups in total. The first-order chi connectivity index (χ1) is 14.3. The molecule has 1 fully saturated rings. The van der Waals surface area contributed by atoms with Gasteiger partial charge in [-0.15, -0.1) is 12.4 Å². The van der Waals surface area contributed by atoms with Crippen LogP contribution in [0.15, 0.2) is 47.0 Å². The Morgan fingerprint density at radius 1 is 0.900 bits per heavy atom. The fourth-order valence-corrected chi connectivity index (χ4v) is 3.90. The van der Waals surface area contributed by atoms with Gasteiger partial charge in [-0.25, -0.2) is 4.39 Å². The van der Waals surface area contributed by atoms with E-state index in [0.29, 0.717) is 5.58 Å². The molecular formula is C21H24ClFN6O. The van der Waals surface area contributed by atoms with Crippen molar-refractivity contribution in [2.75, 3.05) is 37.6 Å². The third-order valence-corrected chi connectivity index (χ3v) is 5.50. The molecule has 2 aromatic carbocycles. The molecule has 1 saturated heterocycles. The molecule has 0 atom stereocenters. The summed E-state index contributed by atoms with van der Waals surface area (Å²) < 4.78 is 18.6. The van der Waals surface area contributed by atoms with Crippen molar-refractivity contribution in [3.8, 4) is 0 Å². The highest BCUT2D eigenvalue weighted by atomic mass is 35.5. The molecule has 30 heavy (non-hydrogen) atoms. The first kappa shape index (κ1) is 20.6. The summed E-state index contributed by atoms with van der Waals surface area (Å²) in [6.07, 6.45) is 2.17. The molecule has 0 saturated carbocycles. The summed E-state index contributed by atoms with van der Waals surface area (Å²) in [6, 6.07) is 12.5. The Kier molecular flexibility index (Phi) is 6.15. The van der Waals surface area contributed by atoms with Crippen LogP contribution in [0.1, 0.15) is 12.8 Å². The largest absolute Gasteiger partial charge is 0.354 e. The van der Waals surface area contributed by atoms with E-state index in [9.17, 15) is 4.39 Å². The predicted octanol–water partition coefficient (Wildman–Crippen LogP) is 3.74. The zero-order valence-electron chi connectivity index (χ0n) is 16.6. The highest BCUT2D eigenvalue weighted by molar-refractivity contribution is 5.88. The van der Waals surface area contributed by atoms with Crippen molar-refractivity contribution < 1.29 is 8.91 Å². The van der Waals surface area contributed by atoms with E-state index in [4.69, 9.17) is 4.52 Å². The van der Waals surface area contributed by atoms with E-state index in [1.54, 1.807) is 10.9 Å². The van der Waals surface area contributed by atoms with Crippen molar-refractivity contribution in [2.45, 2.75) is 19.4 Å². The topological polar surface area (TPSA) is 63.2 Å². The fraction of sp³-hybridized carbons (Fsp3) is 0.381. The Morgan fingerprint density at radius 3 is 2.33 bits per heavy atom. The molecule has 1 aliphatic heterocycles. The summed E-state index contributed by atoms with van der Waals surface area (Å²) in [7, 11) is 0. The van der Waals surface area contributed by atoms with Crippen molar-refractivity contribution in [2.24, 2.45) is 0 Å². The predicted molar refractivity (Wildman–Crippen MR) is 117 cm³/mol. The second-order valence-corrected chi connectivity index (χ2v) is 7.47. The number of rotatable bonds is 6. The molecule has 0 unspecified atom stereocenters. The van der Waals surface area contributed by atoms with Crippen LogP contribution < -0.4 is 4.90 Å². The highest BCUT2D eigenvalue weighted by Crippen LogP contribution is 2.27. The minimum Gasteiger partial charge on any atom is -0.354 e. The number of aromatic nitrogens is 4. The second-order valence-electron chi connectivity index (χ2n) is 7.47. The number of anilines is 1. The van der Waals surface area contributed by atoms with Gasteiger partial charge in [0.1, 0.15) is 16.9 Å². The second kappa shape index (κ2) is 8.97. The minimum atomic E-state index is -0.302. The van der Waals surface area contributed by atoms with E-state index in [1.807, 2.05) is 24.3 Å². The van der Waals surface area contributed by atoms with Crippen LogP contribution in [-0.4, -0.2) is 57.8 Å². The van der Waals surface area contributed by atoms with E-state index in [2.05, 4.69) is 25.2 Å². The molecule has 1 aliphatic rings. The lowest BCUT2D eigenvalue weighted by molar-refractivity contribution is 0.249. The molecule has 0 aliphatic carbocycles. The average molecular weight is 431 g/mol. The van der Waals surface area contributed by atoms with Gasteiger partial charge in [0.2, 0.25) is 0 Å². The minimum absolute atomic E-state index is 0. The maximum atomic E-state index is 13.3. The molecule has 158 valence electrons. The molecule has 4 aromatic rings. The number of hydrogen-bond donors (Lipinski definition) is 0. The van der Waals surface area contributed by atoms with Gasteiger partial charge in [0.15, 0.2) is 11.4 Å².